The van der Waals surface area contributed by atoms with Crippen LogP contribution < -0.4 is 10.6 Å². The molecule has 1 fully saturated rings. The average Bonchev–Trinajstić information content (AvgIpc) is 2.99. The predicted octanol–water partition coefficient (Wildman–Crippen LogP) is 4.99. The molecular weight excluding hydrogens is 508 g/mol. The van der Waals surface area contributed by atoms with Crippen molar-refractivity contribution in [2.24, 2.45) is 5.92 Å². The number of benzene rings is 3. The number of nitrogens with one attached hydrogen (secondary N) is 2. The molecular formula is C32H36N2O6. The van der Waals surface area contributed by atoms with E-state index in [0.717, 1.165) is 36.0 Å². The first-order valence-electron chi connectivity index (χ1n) is 13.7. The maximum atomic E-state index is 14.4. The van der Waals surface area contributed by atoms with Gasteiger partial charge in [0.1, 0.15) is 12.4 Å². The Hall–Kier alpha value is -4.17. The van der Waals surface area contributed by atoms with Crippen molar-refractivity contribution >= 4 is 17.8 Å². The minimum Gasteiger partial charge on any atom is -0.508 e. The van der Waals surface area contributed by atoms with E-state index in [2.05, 4.69) is 10.6 Å². The molecule has 4 rings (SSSR count). The Balaban J connectivity index is 1.64. The van der Waals surface area contributed by atoms with Gasteiger partial charge in [0, 0.05) is 12.5 Å². The van der Waals surface area contributed by atoms with Crippen LogP contribution in [0.3, 0.4) is 0 Å². The molecule has 0 aliphatic heterocycles. The number of Topliss-reactive ketones (excluding diaryl/α,β-unsaturated/α-hetero) is 1. The summed E-state index contributed by atoms with van der Waals surface area (Å²) in [5.41, 5.74) is 0.253. The summed E-state index contributed by atoms with van der Waals surface area (Å²) in [6, 6.07) is 24.1. The molecule has 210 valence electrons. The first-order valence-corrected chi connectivity index (χ1v) is 13.7. The van der Waals surface area contributed by atoms with Crippen molar-refractivity contribution in [3.05, 3.63) is 102 Å². The van der Waals surface area contributed by atoms with Crippen molar-refractivity contribution in [1.82, 2.24) is 10.6 Å². The fraction of sp³-hybridized carbons (Fsp3) is 0.344. The van der Waals surface area contributed by atoms with E-state index in [-0.39, 0.29) is 18.8 Å². The predicted molar refractivity (Wildman–Crippen MR) is 151 cm³/mol. The number of alkyl carbamates (subject to hydrolysis) is 1. The summed E-state index contributed by atoms with van der Waals surface area (Å²) in [4.78, 5) is 40.6. The van der Waals surface area contributed by atoms with Crippen LogP contribution >= 0.6 is 0 Å². The largest absolute Gasteiger partial charge is 0.508 e. The number of ether oxygens (including phenoxy) is 1. The molecule has 0 radical (unpaired) electrons. The van der Waals surface area contributed by atoms with Crippen molar-refractivity contribution in [2.45, 2.75) is 63.3 Å². The molecule has 4 N–H and O–H groups in total. The van der Waals surface area contributed by atoms with Gasteiger partial charge in [0.25, 0.3) is 0 Å². The van der Waals surface area contributed by atoms with Crippen LogP contribution in [-0.2, 0) is 33.9 Å². The summed E-state index contributed by atoms with van der Waals surface area (Å²) >= 11 is 0. The molecule has 1 amide bonds. The normalized spacial score (nSPS) is 15.9. The number of hydrogen-bond acceptors (Lipinski definition) is 6. The van der Waals surface area contributed by atoms with Gasteiger partial charge in [0.05, 0.1) is 6.04 Å². The number of aliphatic carboxylic acids is 1. The highest BCUT2D eigenvalue weighted by atomic mass is 16.5. The third-order valence-corrected chi connectivity index (χ3v) is 7.54. The van der Waals surface area contributed by atoms with Gasteiger partial charge in [-0.2, -0.15) is 0 Å². The molecule has 1 aliphatic rings. The number of carbonyl (C=O) groups excluding carboxylic acids is 2. The van der Waals surface area contributed by atoms with Gasteiger partial charge >= 0.3 is 12.1 Å². The number of ketones is 1. The van der Waals surface area contributed by atoms with Crippen molar-refractivity contribution in [3.63, 3.8) is 0 Å². The first-order chi connectivity index (χ1) is 19.4. The number of amides is 1. The molecule has 0 saturated heterocycles. The van der Waals surface area contributed by atoms with Crippen molar-refractivity contribution in [2.75, 3.05) is 0 Å². The summed E-state index contributed by atoms with van der Waals surface area (Å²) in [7, 11) is 0. The lowest BCUT2D eigenvalue weighted by Gasteiger charge is -2.40. The number of carboxylic acid groups (broad SMARTS) is 1. The second-order valence-electron chi connectivity index (χ2n) is 10.3. The van der Waals surface area contributed by atoms with Crippen LogP contribution in [0.2, 0.25) is 0 Å². The van der Waals surface area contributed by atoms with E-state index in [1.807, 2.05) is 48.5 Å². The second-order valence-corrected chi connectivity index (χ2v) is 10.3. The van der Waals surface area contributed by atoms with Crippen molar-refractivity contribution in [1.29, 1.82) is 0 Å². The number of phenolic OH excluding ortho intramolecular Hbond substituents is 1. The Bertz CT molecular complexity index is 1260. The monoisotopic (exact) mass is 544 g/mol. The Morgan fingerprint density at radius 3 is 2.02 bits per heavy atom. The number of carbonyl (C=O) groups is 3. The zero-order valence-corrected chi connectivity index (χ0v) is 22.4. The number of rotatable bonds is 12. The SMILES string of the molecule is O=C(NC(C(=O)O)(C(=O)C(Cc1ccc(O)cc1)NCc1ccccc1)C1CCCCC1)OCc1ccccc1. The van der Waals surface area contributed by atoms with Crippen LogP contribution in [0.4, 0.5) is 4.79 Å². The number of aromatic hydroxyl groups is 1. The Kier molecular flexibility index (Phi) is 9.91. The quantitative estimate of drug-likeness (QED) is 0.237. The molecule has 0 aromatic heterocycles. The first kappa shape index (κ1) is 28.8. The average molecular weight is 545 g/mol. The van der Waals surface area contributed by atoms with Crippen LogP contribution in [-0.4, -0.2) is 39.6 Å². The van der Waals surface area contributed by atoms with E-state index >= 15 is 0 Å². The summed E-state index contributed by atoms with van der Waals surface area (Å²) < 4.78 is 5.40. The molecule has 0 heterocycles. The molecule has 1 aliphatic carbocycles. The lowest BCUT2D eigenvalue weighted by atomic mass is 9.70. The smallest absolute Gasteiger partial charge is 0.408 e. The molecule has 0 bridgehead atoms. The van der Waals surface area contributed by atoms with Gasteiger partial charge in [-0.3, -0.25) is 10.1 Å². The molecule has 2 atom stereocenters. The van der Waals surface area contributed by atoms with Crippen LogP contribution in [0.25, 0.3) is 0 Å². The van der Waals surface area contributed by atoms with E-state index in [9.17, 15) is 24.6 Å². The second kappa shape index (κ2) is 13.8. The number of carboxylic acids is 1. The maximum absolute atomic E-state index is 14.4. The highest BCUT2D eigenvalue weighted by Crippen LogP contribution is 2.35. The highest BCUT2D eigenvalue weighted by molar-refractivity contribution is 6.12. The van der Waals surface area contributed by atoms with E-state index in [0.29, 0.717) is 19.4 Å². The van der Waals surface area contributed by atoms with Crippen molar-refractivity contribution in [3.8, 4) is 5.75 Å². The van der Waals surface area contributed by atoms with Crippen LogP contribution in [0.1, 0.15) is 48.8 Å². The minimum absolute atomic E-state index is 0.0512. The van der Waals surface area contributed by atoms with Gasteiger partial charge in [0.2, 0.25) is 5.54 Å². The Labute approximate surface area is 234 Å². The Morgan fingerprint density at radius 1 is 0.825 bits per heavy atom. The number of hydrogen-bond donors (Lipinski definition) is 4. The topological polar surface area (TPSA) is 125 Å². The fourth-order valence-electron chi connectivity index (χ4n) is 5.39. The maximum Gasteiger partial charge on any atom is 0.408 e. The molecule has 3 aromatic rings. The van der Waals surface area contributed by atoms with Gasteiger partial charge in [-0.1, -0.05) is 92.1 Å². The third-order valence-electron chi connectivity index (χ3n) is 7.54. The number of phenols is 1. The summed E-state index contributed by atoms with van der Waals surface area (Å²) in [5.74, 6) is -2.50. The van der Waals surface area contributed by atoms with Gasteiger partial charge in [-0.05, 0) is 48.1 Å². The van der Waals surface area contributed by atoms with E-state index in [4.69, 9.17) is 4.74 Å². The fourth-order valence-corrected chi connectivity index (χ4v) is 5.39. The van der Waals surface area contributed by atoms with Gasteiger partial charge in [0.15, 0.2) is 5.78 Å². The molecule has 3 aromatic carbocycles. The van der Waals surface area contributed by atoms with E-state index in [1.165, 1.54) is 12.1 Å². The Morgan fingerprint density at radius 2 is 1.43 bits per heavy atom. The molecule has 40 heavy (non-hydrogen) atoms. The zero-order chi connectivity index (χ0) is 28.4. The van der Waals surface area contributed by atoms with Crippen LogP contribution in [0.15, 0.2) is 84.9 Å². The van der Waals surface area contributed by atoms with Crippen molar-refractivity contribution < 1.29 is 29.3 Å². The van der Waals surface area contributed by atoms with Crippen LogP contribution in [0, 0.1) is 5.92 Å². The molecule has 8 heteroatoms. The van der Waals surface area contributed by atoms with E-state index < -0.39 is 35.3 Å². The summed E-state index contributed by atoms with van der Waals surface area (Å²) in [6.07, 6.45) is 2.72. The van der Waals surface area contributed by atoms with Gasteiger partial charge < -0.3 is 20.3 Å². The summed E-state index contributed by atoms with van der Waals surface area (Å²) in [5, 5.41) is 26.2. The van der Waals surface area contributed by atoms with Gasteiger partial charge in [-0.25, -0.2) is 9.59 Å². The molecule has 2 unspecified atom stereocenters. The molecule has 8 nitrogen and oxygen atoms in total. The van der Waals surface area contributed by atoms with Gasteiger partial charge in [-0.15, -0.1) is 0 Å². The zero-order valence-electron chi connectivity index (χ0n) is 22.4. The molecule has 0 spiro atoms. The lowest BCUT2D eigenvalue weighted by molar-refractivity contribution is -0.154. The standard InChI is InChI=1S/C32H36N2O6/c35-27-18-16-23(17-19-27)20-28(33-21-24-10-4-1-5-11-24)29(36)32(30(37)38,26-14-8-3-9-15-26)34-31(39)40-22-25-12-6-2-7-13-25/h1-2,4-7,10-13,16-19,26,28,33,35H,3,8-9,14-15,20-22H2,(H,34,39)(H,37,38). The lowest BCUT2D eigenvalue weighted by Crippen LogP contribution is -2.69. The summed E-state index contributed by atoms with van der Waals surface area (Å²) in [6.45, 7) is 0.276. The third kappa shape index (κ3) is 7.27. The highest BCUT2D eigenvalue weighted by Gasteiger charge is 2.55. The van der Waals surface area contributed by atoms with E-state index in [1.54, 1.807) is 24.3 Å². The molecule has 1 saturated carbocycles. The minimum atomic E-state index is -2.17. The van der Waals surface area contributed by atoms with Crippen LogP contribution in [0.5, 0.6) is 5.75 Å².